The Labute approximate surface area is 126 Å². The summed E-state index contributed by atoms with van der Waals surface area (Å²) in [6, 6.07) is 4.19. The zero-order valence-electron chi connectivity index (χ0n) is 11.5. The third kappa shape index (κ3) is 2.45. The summed E-state index contributed by atoms with van der Waals surface area (Å²) in [5.74, 6) is 0.868. The number of rotatable bonds is 3. The molecule has 0 spiro atoms. The molecule has 2 atom stereocenters. The quantitative estimate of drug-likeness (QED) is 0.936. The highest BCUT2D eigenvalue weighted by atomic mass is 79.9. The van der Waals surface area contributed by atoms with Crippen LogP contribution in [0.5, 0.6) is 0 Å². The Hall–Kier alpha value is -1.40. The van der Waals surface area contributed by atoms with Gasteiger partial charge in [-0.3, -0.25) is 4.68 Å². The number of anilines is 1. The van der Waals surface area contributed by atoms with Crippen molar-refractivity contribution in [2.45, 2.75) is 25.5 Å². The monoisotopic (exact) mass is 336 g/mol. The van der Waals surface area contributed by atoms with Crippen molar-refractivity contribution < 1.29 is 4.74 Å². The number of aryl methyl sites for hydroxylation is 2. The molecule has 2 aromatic rings. The van der Waals surface area contributed by atoms with Crippen molar-refractivity contribution in [1.82, 2.24) is 14.8 Å². The Morgan fingerprint density at radius 1 is 1.40 bits per heavy atom. The van der Waals surface area contributed by atoms with Crippen molar-refractivity contribution in [1.29, 1.82) is 0 Å². The molecule has 1 aliphatic heterocycles. The molecule has 1 fully saturated rings. The number of halogens is 1. The lowest BCUT2D eigenvalue weighted by Crippen LogP contribution is -2.25. The van der Waals surface area contributed by atoms with Crippen LogP contribution in [0.15, 0.2) is 29.0 Å². The lowest BCUT2D eigenvalue weighted by molar-refractivity contribution is 0.101. The maximum Gasteiger partial charge on any atom is 0.140 e. The van der Waals surface area contributed by atoms with Crippen molar-refractivity contribution in [2.24, 2.45) is 7.05 Å². The van der Waals surface area contributed by atoms with Crippen LogP contribution in [0.4, 0.5) is 5.82 Å². The van der Waals surface area contributed by atoms with E-state index in [1.54, 1.807) is 6.20 Å². The number of nitrogens with zero attached hydrogens (tertiary/aromatic N) is 3. The van der Waals surface area contributed by atoms with Gasteiger partial charge in [0.2, 0.25) is 0 Å². The van der Waals surface area contributed by atoms with Crippen molar-refractivity contribution >= 4 is 21.7 Å². The van der Waals surface area contributed by atoms with E-state index < -0.39 is 0 Å². The Morgan fingerprint density at radius 3 is 3.00 bits per heavy atom. The Balaban J connectivity index is 1.83. The maximum absolute atomic E-state index is 5.87. The number of nitrogens with one attached hydrogen (secondary N) is 1. The number of hydrogen-bond acceptors (Lipinski definition) is 4. The van der Waals surface area contributed by atoms with Gasteiger partial charge in [-0.2, -0.15) is 5.10 Å². The molecule has 20 heavy (non-hydrogen) atoms. The van der Waals surface area contributed by atoms with Gasteiger partial charge in [-0.25, -0.2) is 4.98 Å². The molecule has 0 amide bonds. The van der Waals surface area contributed by atoms with Crippen molar-refractivity contribution in [2.75, 3.05) is 11.9 Å². The summed E-state index contributed by atoms with van der Waals surface area (Å²) in [5.41, 5.74) is 2.25. The van der Waals surface area contributed by atoms with Gasteiger partial charge in [0, 0.05) is 26.0 Å². The molecule has 1 aliphatic rings. The summed E-state index contributed by atoms with van der Waals surface area (Å²) in [5, 5.41) is 7.71. The second-order valence-corrected chi connectivity index (χ2v) is 5.79. The maximum atomic E-state index is 5.87. The molecule has 0 unspecified atom stereocenters. The van der Waals surface area contributed by atoms with E-state index in [9.17, 15) is 0 Å². The minimum absolute atomic E-state index is 0.0108. The van der Waals surface area contributed by atoms with Crippen molar-refractivity contribution in [3.8, 4) is 0 Å². The molecule has 1 saturated heterocycles. The first-order valence-electron chi connectivity index (χ1n) is 6.64. The van der Waals surface area contributed by atoms with E-state index in [1.807, 2.05) is 30.1 Å². The first-order valence-corrected chi connectivity index (χ1v) is 7.43. The Bertz CT molecular complexity index is 613. The topological polar surface area (TPSA) is 52.0 Å². The number of ether oxygens (including phenoxy) is 1. The van der Waals surface area contributed by atoms with Gasteiger partial charge in [-0.15, -0.1) is 0 Å². The van der Waals surface area contributed by atoms with Gasteiger partial charge in [-0.05, 0) is 47.0 Å². The predicted octanol–water partition coefficient (Wildman–Crippen LogP) is 2.83. The van der Waals surface area contributed by atoms with Gasteiger partial charge in [0.25, 0.3) is 0 Å². The van der Waals surface area contributed by atoms with Crippen LogP contribution in [-0.4, -0.2) is 27.4 Å². The summed E-state index contributed by atoms with van der Waals surface area (Å²) >= 11 is 3.59. The molecule has 0 saturated carbocycles. The molecule has 0 radical (unpaired) electrons. The fourth-order valence-corrected chi connectivity index (χ4v) is 2.86. The molecule has 5 nitrogen and oxygen atoms in total. The SMILES string of the molecule is Cc1ccnc(N[C@H]2CCO[C@@H]2c2ccnn2C)c1Br. The minimum Gasteiger partial charge on any atom is -0.370 e. The third-order valence-electron chi connectivity index (χ3n) is 3.65. The number of aromatic nitrogens is 3. The van der Waals surface area contributed by atoms with Crippen molar-refractivity contribution in [3.63, 3.8) is 0 Å². The smallest absolute Gasteiger partial charge is 0.140 e. The summed E-state index contributed by atoms with van der Waals surface area (Å²) in [7, 11) is 1.94. The summed E-state index contributed by atoms with van der Waals surface area (Å²) in [6.07, 6.45) is 4.58. The van der Waals surface area contributed by atoms with E-state index in [-0.39, 0.29) is 12.1 Å². The zero-order valence-corrected chi connectivity index (χ0v) is 13.1. The number of pyridine rings is 1. The molecule has 3 heterocycles. The number of hydrogen-bond donors (Lipinski definition) is 1. The standard InChI is InChI=1S/C14H17BrN4O/c1-9-3-6-16-14(12(9)15)18-10-5-8-20-13(10)11-4-7-17-19(11)2/h3-4,6-7,10,13H,5,8H2,1-2H3,(H,16,18)/t10-,13-/m0/s1. The van der Waals surface area contributed by atoms with E-state index in [2.05, 4.69) is 38.3 Å². The van der Waals surface area contributed by atoms with Crippen molar-refractivity contribution in [3.05, 3.63) is 40.3 Å². The first kappa shape index (κ1) is 13.6. The van der Waals surface area contributed by atoms with Crippen LogP contribution in [0.25, 0.3) is 0 Å². The molecule has 1 N–H and O–H groups in total. The molecule has 6 heteroatoms. The van der Waals surface area contributed by atoms with Gasteiger partial charge in [-0.1, -0.05) is 0 Å². The van der Waals surface area contributed by atoms with E-state index in [1.165, 1.54) is 5.56 Å². The molecule has 0 aliphatic carbocycles. The largest absolute Gasteiger partial charge is 0.370 e. The predicted molar refractivity (Wildman–Crippen MR) is 80.6 cm³/mol. The van der Waals surface area contributed by atoms with Crippen LogP contribution >= 0.6 is 15.9 Å². The van der Waals surface area contributed by atoms with Crippen LogP contribution in [0.3, 0.4) is 0 Å². The van der Waals surface area contributed by atoms with Gasteiger partial charge >= 0.3 is 0 Å². The molecule has 3 rings (SSSR count). The second kappa shape index (κ2) is 5.54. The van der Waals surface area contributed by atoms with E-state index in [0.717, 1.165) is 29.0 Å². The van der Waals surface area contributed by atoms with E-state index in [0.29, 0.717) is 0 Å². The highest BCUT2D eigenvalue weighted by Gasteiger charge is 2.32. The van der Waals surface area contributed by atoms with Gasteiger partial charge in [0.1, 0.15) is 11.9 Å². The summed E-state index contributed by atoms with van der Waals surface area (Å²) in [4.78, 5) is 4.40. The Kier molecular flexibility index (Phi) is 3.76. The molecule has 0 aromatic carbocycles. The van der Waals surface area contributed by atoms with Crippen LogP contribution in [0.2, 0.25) is 0 Å². The highest BCUT2D eigenvalue weighted by molar-refractivity contribution is 9.10. The lowest BCUT2D eigenvalue weighted by atomic mass is 10.1. The van der Waals surface area contributed by atoms with Crippen LogP contribution < -0.4 is 5.32 Å². The first-order chi connectivity index (χ1) is 9.66. The van der Waals surface area contributed by atoms with Gasteiger partial charge in [0.15, 0.2) is 0 Å². The zero-order chi connectivity index (χ0) is 14.1. The fourth-order valence-electron chi connectivity index (χ4n) is 2.51. The average molecular weight is 337 g/mol. The summed E-state index contributed by atoms with van der Waals surface area (Å²) in [6.45, 7) is 2.80. The van der Waals surface area contributed by atoms with E-state index >= 15 is 0 Å². The minimum atomic E-state index is 0.0108. The molecule has 2 aromatic heterocycles. The van der Waals surface area contributed by atoms with Crippen LogP contribution in [0.1, 0.15) is 23.8 Å². The molecule has 106 valence electrons. The molecular formula is C14H17BrN4O. The van der Waals surface area contributed by atoms with Gasteiger partial charge < -0.3 is 10.1 Å². The highest BCUT2D eigenvalue weighted by Crippen LogP contribution is 2.33. The summed E-state index contributed by atoms with van der Waals surface area (Å²) < 4.78 is 8.74. The third-order valence-corrected chi connectivity index (χ3v) is 4.65. The van der Waals surface area contributed by atoms with E-state index in [4.69, 9.17) is 4.74 Å². The second-order valence-electron chi connectivity index (χ2n) is 5.00. The molecular weight excluding hydrogens is 320 g/mol. The molecule has 0 bridgehead atoms. The average Bonchev–Trinajstić information content (AvgIpc) is 3.03. The Morgan fingerprint density at radius 2 is 2.25 bits per heavy atom. The van der Waals surface area contributed by atoms with Crippen LogP contribution in [0, 0.1) is 6.92 Å². The van der Waals surface area contributed by atoms with Crippen LogP contribution in [-0.2, 0) is 11.8 Å². The lowest BCUT2D eigenvalue weighted by Gasteiger charge is -2.21. The normalized spacial score (nSPS) is 22.1. The fraction of sp³-hybridized carbons (Fsp3) is 0.429. The van der Waals surface area contributed by atoms with Gasteiger partial charge in [0.05, 0.1) is 16.2 Å².